The van der Waals surface area contributed by atoms with Gasteiger partial charge in [0.25, 0.3) is 0 Å². The molecular formula is C21H32IN5O. The molecule has 1 aromatic heterocycles. The van der Waals surface area contributed by atoms with Crippen LogP contribution in [-0.2, 0) is 13.0 Å². The quantitative estimate of drug-likeness (QED) is 0.345. The summed E-state index contributed by atoms with van der Waals surface area (Å²) in [7, 11) is 0. The molecule has 2 aromatic rings. The van der Waals surface area contributed by atoms with E-state index in [1.165, 1.54) is 11.3 Å². The number of nitrogens with zero attached hydrogens (tertiary/aromatic N) is 3. The van der Waals surface area contributed by atoms with E-state index >= 15 is 0 Å². The maximum absolute atomic E-state index is 5.37. The summed E-state index contributed by atoms with van der Waals surface area (Å²) in [5.41, 5.74) is 3.77. The molecule has 28 heavy (non-hydrogen) atoms. The van der Waals surface area contributed by atoms with E-state index in [2.05, 4.69) is 77.6 Å². The number of halogens is 1. The molecule has 2 N–H and O–H groups in total. The average Bonchev–Trinajstić information content (AvgIpc) is 3.24. The smallest absolute Gasteiger partial charge is 0.191 e. The van der Waals surface area contributed by atoms with Gasteiger partial charge in [0.15, 0.2) is 11.7 Å². The Balaban J connectivity index is 0.00000280. The van der Waals surface area contributed by atoms with Gasteiger partial charge in [-0.25, -0.2) is 4.99 Å². The number of para-hydroxylation sites is 1. The Morgan fingerprint density at radius 1 is 1.32 bits per heavy atom. The van der Waals surface area contributed by atoms with Crippen LogP contribution in [0.2, 0.25) is 0 Å². The first-order chi connectivity index (χ1) is 13.1. The minimum Gasteiger partial charge on any atom is -0.367 e. The fourth-order valence-corrected chi connectivity index (χ4v) is 3.44. The lowest BCUT2D eigenvalue weighted by Crippen LogP contribution is -2.42. The van der Waals surface area contributed by atoms with Crippen molar-refractivity contribution in [1.82, 2.24) is 15.8 Å². The Morgan fingerprint density at radius 3 is 2.82 bits per heavy atom. The zero-order valence-corrected chi connectivity index (χ0v) is 19.6. The number of benzene rings is 1. The molecule has 7 heteroatoms. The topological polar surface area (TPSA) is 65.7 Å². The molecule has 0 spiro atoms. The lowest BCUT2D eigenvalue weighted by atomic mass is 10.1. The maximum atomic E-state index is 5.37. The average molecular weight is 497 g/mol. The number of rotatable bonds is 7. The number of anilines is 1. The van der Waals surface area contributed by atoms with Gasteiger partial charge in [-0.15, -0.1) is 24.0 Å². The highest BCUT2D eigenvalue weighted by Gasteiger charge is 2.24. The number of aromatic nitrogens is 1. The molecule has 3 rings (SSSR count). The molecule has 1 atom stereocenters. The highest BCUT2D eigenvalue weighted by molar-refractivity contribution is 14.0. The SMILES string of the molecule is CCNC(=NCc1cc(C(C)C)no1)NCCN1c2ccccc2CC1C.I. The number of aliphatic imine (C=N–C) groups is 1. The van der Waals surface area contributed by atoms with E-state index in [4.69, 9.17) is 4.52 Å². The van der Waals surface area contributed by atoms with Gasteiger partial charge >= 0.3 is 0 Å². The van der Waals surface area contributed by atoms with Crippen molar-refractivity contribution in [2.75, 3.05) is 24.5 Å². The molecule has 0 amide bonds. The molecule has 0 saturated carbocycles. The van der Waals surface area contributed by atoms with E-state index in [-0.39, 0.29) is 24.0 Å². The second-order valence-electron chi connectivity index (χ2n) is 7.37. The molecule has 1 unspecified atom stereocenters. The van der Waals surface area contributed by atoms with Crippen LogP contribution in [0.25, 0.3) is 0 Å². The predicted molar refractivity (Wildman–Crippen MR) is 126 cm³/mol. The van der Waals surface area contributed by atoms with Gasteiger partial charge in [0.05, 0.1) is 5.69 Å². The lowest BCUT2D eigenvalue weighted by Gasteiger charge is -2.25. The summed E-state index contributed by atoms with van der Waals surface area (Å²) in [6.07, 6.45) is 1.12. The highest BCUT2D eigenvalue weighted by Crippen LogP contribution is 2.31. The van der Waals surface area contributed by atoms with Crippen LogP contribution in [0.15, 0.2) is 39.8 Å². The normalized spacial score (nSPS) is 16.1. The van der Waals surface area contributed by atoms with Crippen LogP contribution in [0, 0.1) is 0 Å². The van der Waals surface area contributed by atoms with Gasteiger partial charge in [-0.2, -0.15) is 0 Å². The van der Waals surface area contributed by atoms with Crippen molar-refractivity contribution < 1.29 is 4.52 Å². The van der Waals surface area contributed by atoms with Crippen molar-refractivity contribution in [3.63, 3.8) is 0 Å². The third-order valence-corrected chi connectivity index (χ3v) is 4.90. The molecular weight excluding hydrogens is 465 g/mol. The van der Waals surface area contributed by atoms with Gasteiger partial charge in [-0.3, -0.25) is 0 Å². The largest absolute Gasteiger partial charge is 0.367 e. The number of fused-ring (bicyclic) bond motifs is 1. The second-order valence-corrected chi connectivity index (χ2v) is 7.37. The predicted octanol–water partition coefficient (Wildman–Crippen LogP) is 3.92. The molecule has 1 aliphatic heterocycles. The van der Waals surface area contributed by atoms with E-state index in [1.54, 1.807) is 0 Å². The van der Waals surface area contributed by atoms with Crippen molar-refractivity contribution in [3.8, 4) is 0 Å². The van der Waals surface area contributed by atoms with Gasteiger partial charge in [0.2, 0.25) is 0 Å². The molecule has 0 radical (unpaired) electrons. The van der Waals surface area contributed by atoms with Gasteiger partial charge in [-0.1, -0.05) is 37.2 Å². The van der Waals surface area contributed by atoms with Gasteiger partial charge in [-0.05, 0) is 37.8 Å². The number of hydrogen-bond acceptors (Lipinski definition) is 4. The lowest BCUT2D eigenvalue weighted by molar-refractivity contribution is 0.376. The molecule has 1 aromatic carbocycles. The molecule has 154 valence electrons. The minimum atomic E-state index is 0. The Bertz CT molecular complexity index is 774. The minimum absolute atomic E-state index is 0. The zero-order chi connectivity index (χ0) is 19.2. The summed E-state index contributed by atoms with van der Waals surface area (Å²) >= 11 is 0. The van der Waals surface area contributed by atoms with E-state index in [0.717, 1.165) is 43.5 Å². The van der Waals surface area contributed by atoms with Crippen LogP contribution in [0.3, 0.4) is 0 Å². The van der Waals surface area contributed by atoms with Crippen LogP contribution >= 0.6 is 24.0 Å². The molecule has 0 aliphatic carbocycles. The van der Waals surface area contributed by atoms with Crippen LogP contribution in [-0.4, -0.2) is 36.8 Å². The van der Waals surface area contributed by atoms with E-state index < -0.39 is 0 Å². The van der Waals surface area contributed by atoms with Crippen LogP contribution in [0.4, 0.5) is 5.69 Å². The number of hydrogen-bond donors (Lipinski definition) is 2. The van der Waals surface area contributed by atoms with E-state index in [9.17, 15) is 0 Å². The first-order valence-corrected chi connectivity index (χ1v) is 9.90. The number of nitrogens with one attached hydrogen (secondary N) is 2. The highest BCUT2D eigenvalue weighted by atomic mass is 127. The molecule has 1 aliphatic rings. The third kappa shape index (κ3) is 5.62. The van der Waals surface area contributed by atoms with Crippen molar-refractivity contribution in [1.29, 1.82) is 0 Å². The van der Waals surface area contributed by atoms with Crippen molar-refractivity contribution in [3.05, 3.63) is 47.3 Å². The fourth-order valence-electron chi connectivity index (χ4n) is 3.44. The molecule has 0 bridgehead atoms. The van der Waals surface area contributed by atoms with E-state index in [1.807, 2.05) is 6.07 Å². The van der Waals surface area contributed by atoms with Gasteiger partial charge in [0.1, 0.15) is 6.54 Å². The molecule has 2 heterocycles. The Kier molecular flexibility index (Phi) is 8.59. The van der Waals surface area contributed by atoms with Gasteiger partial charge < -0.3 is 20.1 Å². The molecule has 6 nitrogen and oxygen atoms in total. The molecule has 0 fully saturated rings. The maximum Gasteiger partial charge on any atom is 0.191 e. The first-order valence-electron chi connectivity index (χ1n) is 9.90. The van der Waals surface area contributed by atoms with Crippen LogP contribution in [0.5, 0.6) is 0 Å². The Labute approximate surface area is 185 Å². The summed E-state index contributed by atoms with van der Waals surface area (Å²) in [6, 6.07) is 11.2. The third-order valence-electron chi connectivity index (χ3n) is 4.90. The summed E-state index contributed by atoms with van der Waals surface area (Å²) in [5, 5.41) is 10.8. The fraction of sp³-hybridized carbons (Fsp3) is 0.524. The van der Waals surface area contributed by atoms with Crippen LogP contribution < -0.4 is 15.5 Å². The van der Waals surface area contributed by atoms with Crippen molar-refractivity contribution >= 4 is 35.6 Å². The standard InChI is InChI=1S/C21H31N5O.HI/c1-5-22-21(24-14-18-13-19(15(2)3)25-27-18)23-10-11-26-16(4)12-17-8-6-7-9-20(17)26;/h6-9,13,15-16H,5,10-12,14H2,1-4H3,(H2,22,23,24);1H. The first kappa shape index (κ1) is 22.5. The zero-order valence-electron chi connectivity index (χ0n) is 17.2. The Morgan fingerprint density at radius 2 is 2.11 bits per heavy atom. The van der Waals surface area contributed by atoms with Crippen LogP contribution in [0.1, 0.15) is 50.6 Å². The number of guanidine groups is 1. The summed E-state index contributed by atoms with van der Waals surface area (Å²) < 4.78 is 5.37. The monoisotopic (exact) mass is 497 g/mol. The van der Waals surface area contributed by atoms with E-state index in [0.29, 0.717) is 18.5 Å². The Hall–Kier alpha value is -1.77. The van der Waals surface area contributed by atoms with Crippen molar-refractivity contribution in [2.24, 2.45) is 4.99 Å². The summed E-state index contributed by atoms with van der Waals surface area (Å²) in [5.74, 6) is 1.96. The summed E-state index contributed by atoms with van der Waals surface area (Å²) in [6.45, 7) is 11.7. The molecule has 0 saturated heterocycles. The van der Waals surface area contributed by atoms with Gasteiger partial charge in [0, 0.05) is 37.4 Å². The summed E-state index contributed by atoms with van der Waals surface area (Å²) in [4.78, 5) is 7.10. The van der Waals surface area contributed by atoms with Crippen molar-refractivity contribution in [2.45, 2.75) is 52.6 Å². The second kappa shape index (κ2) is 10.7.